The van der Waals surface area contributed by atoms with Crippen molar-refractivity contribution in [3.05, 3.63) is 0 Å². The van der Waals surface area contributed by atoms with Gasteiger partial charge in [0.05, 0.1) is 11.6 Å². The lowest BCUT2D eigenvalue weighted by atomic mass is 10.1. The second kappa shape index (κ2) is 10.00. The van der Waals surface area contributed by atoms with E-state index >= 15 is 0 Å². The molecular formula is C12H26N2OS. The number of hydrogen-bond donors (Lipinski definition) is 1. The topological polar surface area (TPSA) is 38.5 Å². The van der Waals surface area contributed by atoms with Crippen molar-refractivity contribution in [1.29, 1.82) is 0 Å². The maximum Gasteiger partial charge on any atom is 0.0740 e. The van der Waals surface area contributed by atoms with E-state index in [1.807, 2.05) is 0 Å². The number of nitrogens with two attached hydrogens (primary N) is 1. The van der Waals surface area contributed by atoms with E-state index < -0.39 is 0 Å². The predicted octanol–water partition coefficient (Wildman–Crippen LogP) is 2.05. The first-order valence-corrected chi connectivity index (χ1v) is 6.50. The third-order valence-corrected chi connectivity index (χ3v) is 2.84. The zero-order chi connectivity index (χ0) is 12.4. The van der Waals surface area contributed by atoms with Crippen LogP contribution in [0.15, 0.2) is 0 Å². The molecule has 2 N–H and O–H groups in total. The summed E-state index contributed by atoms with van der Waals surface area (Å²) in [6.45, 7) is 8.32. The highest BCUT2D eigenvalue weighted by Crippen LogP contribution is 2.08. The Morgan fingerprint density at radius 2 is 2.12 bits per heavy atom. The molecule has 1 atom stereocenters. The molecule has 0 aliphatic carbocycles. The molecule has 1 unspecified atom stereocenters. The summed E-state index contributed by atoms with van der Waals surface area (Å²) in [5.41, 5.74) is 5.53. The van der Waals surface area contributed by atoms with Crippen LogP contribution < -0.4 is 5.73 Å². The van der Waals surface area contributed by atoms with E-state index in [9.17, 15) is 0 Å². The smallest absolute Gasteiger partial charge is 0.0740 e. The summed E-state index contributed by atoms with van der Waals surface area (Å²) in [4.78, 5) is 2.99. The fourth-order valence-electron chi connectivity index (χ4n) is 1.81. The fraction of sp³-hybridized carbons (Fsp3) is 0.917. The highest BCUT2D eigenvalue weighted by molar-refractivity contribution is 7.80. The summed E-state index contributed by atoms with van der Waals surface area (Å²) in [7, 11) is 1.74. The maximum absolute atomic E-state index is 5.53. The molecule has 0 aromatic rings. The van der Waals surface area contributed by atoms with Crippen LogP contribution in [0.5, 0.6) is 0 Å². The van der Waals surface area contributed by atoms with Crippen LogP contribution in [-0.2, 0) is 4.74 Å². The summed E-state index contributed by atoms with van der Waals surface area (Å²) < 4.78 is 5.11. The third kappa shape index (κ3) is 9.07. The van der Waals surface area contributed by atoms with E-state index in [2.05, 4.69) is 18.7 Å². The van der Waals surface area contributed by atoms with Crippen molar-refractivity contribution in [2.75, 3.05) is 33.4 Å². The van der Waals surface area contributed by atoms with Gasteiger partial charge in [0.25, 0.3) is 0 Å². The van der Waals surface area contributed by atoms with E-state index in [-0.39, 0.29) is 0 Å². The Balaban J connectivity index is 3.92. The Morgan fingerprint density at radius 3 is 2.62 bits per heavy atom. The standard InChI is InChI=1S/C12H26N2OS/c1-4-5-11(2)10-14(8-9-15-3)7-6-12(13)16/h11H,4-10H2,1-3H3,(H2,13,16). The van der Waals surface area contributed by atoms with Crippen LogP contribution in [-0.4, -0.2) is 43.2 Å². The van der Waals surface area contributed by atoms with E-state index in [0.29, 0.717) is 4.99 Å². The van der Waals surface area contributed by atoms with Crippen LogP contribution in [0.25, 0.3) is 0 Å². The van der Waals surface area contributed by atoms with E-state index in [1.165, 1.54) is 12.8 Å². The number of nitrogens with zero attached hydrogens (tertiary/aromatic N) is 1. The van der Waals surface area contributed by atoms with Crippen molar-refractivity contribution in [2.45, 2.75) is 33.1 Å². The molecule has 0 radical (unpaired) electrons. The zero-order valence-corrected chi connectivity index (χ0v) is 11.7. The molecule has 4 heteroatoms. The molecule has 0 aliphatic rings. The molecule has 0 aromatic carbocycles. The van der Waals surface area contributed by atoms with Gasteiger partial charge < -0.3 is 15.4 Å². The van der Waals surface area contributed by atoms with Crippen LogP contribution in [0.2, 0.25) is 0 Å². The van der Waals surface area contributed by atoms with Gasteiger partial charge in [0.2, 0.25) is 0 Å². The Kier molecular flexibility index (Phi) is 9.88. The summed E-state index contributed by atoms with van der Waals surface area (Å²) in [6.07, 6.45) is 3.32. The Labute approximate surface area is 105 Å². The molecule has 16 heavy (non-hydrogen) atoms. The Bertz CT molecular complexity index is 188. The second-order valence-corrected chi connectivity index (χ2v) is 4.93. The van der Waals surface area contributed by atoms with Crippen molar-refractivity contribution in [2.24, 2.45) is 11.7 Å². The van der Waals surface area contributed by atoms with Crippen molar-refractivity contribution in [3.8, 4) is 0 Å². The van der Waals surface area contributed by atoms with E-state index in [0.717, 1.165) is 38.6 Å². The number of ether oxygens (including phenoxy) is 1. The average Bonchev–Trinajstić information content (AvgIpc) is 2.22. The van der Waals surface area contributed by atoms with E-state index in [1.54, 1.807) is 7.11 Å². The average molecular weight is 246 g/mol. The number of hydrogen-bond acceptors (Lipinski definition) is 3. The molecule has 0 fully saturated rings. The molecule has 3 nitrogen and oxygen atoms in total. The van der Waals surface area contributed by atoms with Crippen LogP contribution in [0.3, 0.4) is 0 Å². The first-order chi connectivity index (χ1) is 7.60. The van der Waals surface area contributed by atoms with Gasteiger partial charge >= 0.3 is 0 Å². The SMILES string of the molecule is CCCC(C)CN(CCOC)CCC(N)=S. The van der Waals surface area contributed by atoms with Crippen LogP contribution >= 0.6 is 12.2 Å². The van der Waals surface area contributed by atoms with E-state index in [4.69, 9.17) is 22.7 Å². The lowest BCUT2D eigenvalue weighted by Gasteiger charge is -2.25. The number of rotatable bonds is 10. The Hall–Kier alpha value is -0.190. The highest BCUT2D eigenvalue weighted by Gasteiger charge is 2.09. The summed E-state index contributed by atoms with van der Waals surface area (Å²) in [5, 5.41) is 0. The summed E-state index contributed by atoms with van der Waals surface area (Å²) in [6, 6.07) is 0. The molecule has 0 heterocycles. The molecule has 0 aromatic heterocycles. The Morgan fingerprint density at radius 1 is 1.44 bits per heavy atom. The zero-order valence-electron chi connectivity index (χ0n) is 10.9. The van der Waals surface area contributed by atoms with Crippen molar-refractivity contribution in [3.63, 3.8) is 0 Å². The van der Waals surface area contributed by atoms with Gasteiger partial charge in [0, 0.05) is 33.2 Å². The largest absolute Gasteiger partial charge is 0.393 e. The van der Waals surface area contributed by atoms with Gasteiger partial charge in [0.15, 0.2) is 0 Å². The van der Waals surface area contributed by atoms with Gasteiger partial charge in [-0.2, -0.15) is 0 Å². The maximum atomic E-state index is 5.53. The minimum atomic E-state index is 0.602. The van der Waals surface area contributed by atoms with Gasteiger partial charge in [-0.25, -0.2) is 0 Å². The van der Waals surface area contributed by atoms with Crippen molar-refractivity contribution >= 4 is 17.2 Å². The fourth-order valence-corrected chi connectivity index (χ4v) is 1.90. The van der Waals surface area contributed by atoms with Crippen LogP contribution in [0, 0.1) is 5.92 Å². The highest BCUT2D eigenvalue weighted by atomic mass is 32.1. The summed E-state index contributed by atoms with van der Waals surface area (Å²) >= 11 is 4.91. The molecular weight excluding hydrogens is 220 g/mol. The lowest BCUT2D eigenvalue weighted by Crippen LogP contribution is -2.34. The number of thiocarbonyl (C=S) groups is 1. The quantitative estimate of drug-likeness (QED) is 0.599. The molecule has 0 spiro atoms. The number of methoxy groups -OCH3 is 1. The minimum absolute atomic E-state index is 0.602. The minimum Gasteiger partial charge on any atom is -0.393 e. The third-order valence-electron chi connectivity index (χ3n) is 2.64. The predicted molar refractivity (Wildman–Crippen MR) is 73.8 cm³/mol. The van der Waals surface area contributed by atoms with Crippen LogP contribution in [0.1, 0.15) is 33.1 Å². The van der Waals surface area contributed by atoms with Gasteiger partial charge in [0.1, 0.15) is 0 Å². The van der Waals surface area contributed by atoms with Crippen LogP contribution in [0.4, 0.5) is 0 Å². The molecule has 0 saturated carbocycles. The molecule has 0 rings (SSSR count). The molecule has 0 bridgehead atoms. The molecule has 0 amide bonds. The monoisotopic (exact) mass is 246 g/mol. The van der Waals surface area contributed by atoms with Gasteiger partial charge in [-0.05, 0) is 12.3 Å². The second-order valence-electron chi connectivity index (χ2n) is 4.40. The lowest BCUT2D eigenvalue weighted by molar-refractivity contribution is 0.139. The molecule has 96 valence electrons. The normalized spacial score (nSPS) is 13.0. The van der Waals surface area contributed by atoms with Crippen molar-refractivity contribution < 1.29 is 4.74 Å². The van der Waals surface area contributed by atoms with Crippen molar-refractivity contribution in [1.82, 2.24) is 4.90 Å². The van der Waals surface area contributed by atoms with Gasteiger partial charge in [-0.3, -0.25) is 0 Å². The first kappa shape index (κ1) is 15.8. The van der Waals surface area contributed by atoms with Gasteiger partial charge in [-0.1, -0.05) is 32.5 Å². The van der Waals surface area contributed by atoms with Gasteiger partial charge in [-0.15, -0.1) is 0 Å². The summed E-state index contributed by atoms with van der Waals surface area (Å²) in [5.74, 6) is 0.730. The first-order valence-electron chi connectivity index (χ1n) is 6.09. The molecule has 0 aliphatic heterocycles. The molecule has 0 saturated heterocycles.